The number of nitrogens with zero attached hydrogens (tertiary/aromatic N) is 3. The Hall–Kier alpha value is -2.64. The summed E-state index contributed by atoms with van der Waals surface area (Å²) in [5.74, 6) is 1.46. The third-order valence-corrected chi connectivity index (χ3v) is 6.80. The summed E-state index contributed by atoms with van der Waals surface area (Å²) >= 11 is 0. The molecule has 4 saturated carbocycles. The molecule has 0 aliphatic heterocycles. The number of rotatable bonds is 6. The second-order valence-electron chi connectivity index (χ2n) is 8.33. The van der Waals surface area contributed by atoms with Gasteiger partial charge in [-0.15, -0.1) is 0 Å². The van der Waals surface area contributed by atoms with Gasteiger partial charge in [-0.05, 0) is 42.9 Å². The minimum Gasteiger partial charge on any atom is -0.478 e. The molecule has 2 N–H and O–H groups in total. The maximum atomic E-state index is 12.9. The quantitative estimate of drug-likeness (QED) is 0.737. The maximum absolute atomic E-state index is 12.9. The number of fused-ring (bicyclic) bond motifs is 1. The van der Waals surface area contributed by atoms with E-state index in [-0.39, 0.29) is 23.1 Å². The molecule has 2 aromatic rings. The zero-order valence-electron chi connectivity index (χ0n) is 16.0. The summed E-state index contributed by atoms with van der Waals surface area (Å²) in [4.78, 5) is 44.9. The number of nitrogens with one attached hydrogen (secondary N) is 1. The summed E-state index contributed by atoms with van der Waals surface area (Å²) in [6, 6.07) is 0. The number of hydrogen-bond acceptors (Lipinski definition) is 4. The van der Waals surface area contributed by atoms with Crippen molar-refractivity contribution in [2.45, 2.75) is 52.1 Å². The SMILES string of the molecule is CCCn1c(=O)c2[nH]c(C3C4CC5C(/C4=C\C(=O)O)C53)nc2n(CCC)c1=O. The molecule has 0 saturated heterocycles. The largest absolute Gasteiger partial charge is 0.478 e. The van der Waals surface area contributed by atoms with Crippen LogP contribution in [0.2, 0.25) is 0 Å². The summed E-state index contributed by atoms with van der Waals surface area (Å²) in [6.45, 7) is 4.82. The van der Waals surface area contributed by atoms with E-state index >= 15 is 0 Å². The molecule has 28 heavy (non-hydrogen) atoms. The molecule has 2 aromatic heterocycles. The number of aliphatic carboxylic acids is 1. The lowest BCUT2D eigenvalue weighted by molar-refractivity contribution is -0.131. The molecule has 8 heteroatoms. The van der Waals surface area contributed by atoms with E-state index < -0.39 is 5.97 Å². The summed E-state index contributed by atoms with van der Waals surface area (Å²) < 4.78 is 2.90. The number of aromatic amines is 1. The van der Waals surface area contributed by atoms with Crippen molar-refractivity contribution in [3.8, 4) is 0 Å². The van der Waals surface area contributed by atoms with Gasteiger partial charge in [0.1, 0.15) is 11.3 Å². The highest BCUT2D eigenvalue weighted by Crippen LogP contribution is 2.78. The van der Waals surface area contributed by atoms with E-state index in [0.717, 1.165) is 24.2 Å². The van der Waals surface area contributed by atoms with Gasteiger partial charge in [0.2, 0.25) is 0 Å². The second-order valence-corrected chi connectivity index (χ2v) is 8.33. The Kier molecular flexibility index (Phi) is 3.70. The van der Waals surface area contributed by atoms with Crippen LogP contribution >= 0.6 is 0 Å². The molecule has 0 radical (unpaired) electrons. The predicted octanol–water partition coefficient (Wildman–Crippen LogP) is 1.70. The average Bonchev–Trinajstić information content (AvgIpc) is 3.06. The first kappa shape index (κ1) is 17.5. The molecule has 0 amide bonds. The molecule has 4 aliphatic rings. The standard InChI is InChI=1S/C20H24N4O4/c1-3-5-23-18-16(19(27)24(6-4-2)20(23)28)21-17(22-18)15-9-7-11-13(14(11)15)10(9)8-12(25)26/h8-9,11,13-15H,3-7H2,1-2H3,(H,21,22)(H,25,26)/b10-8-. The lowest BCUT2D eigenvalue weighted by Gasteiger charge is -2.12. The fourth-order valence-corrected chi connectivity index (χ4v) is 5.87. The smallest absolute Gasteiger partial charge is 0.332 e. The van der Waals surface area contributed by atoms with Crippen molar-refractivity contribution >= 4 is 17.1 Å². The Morgan fingerprint density at radius 1 is 1.21 bits per heavy atom. The van der Waals surface area contributed by atoms with Crippen LogP contribution in [-0.2, 0) is 17.9 Å². The second kappa shape index (κ2) is 5.93. The molecule has 0 spiro atoms. The zero-order valence-corrected chi connectivity index (χ0v) is 16.0. The van der Waals surface area contributed by atoms with Crippen LogP contribution in [0.4, 0.5) is 0 Å². The highest BCUT2D eigenvalue weighted by atomic mass is 16.4. The van der Waals surface area contributed by atoms with Gasteiger partial charge in [0.05, 0.1) is 0 Å². The molecule has 0 aromatic carbocycles. The van der Waals surface area contributed by atoms with Gasteiger partial charge in [-0.2, -0.15) is 0 Å². The van der Waals surface area contributed by atoms with Crippen LogP contribution in [0, 0.1) is 23.7 Å². The van der Waals surface area contributed by atoms with E-state index in [2.05, 4.69) is 4.98 Å². The number of carbonyl (C=O) groups is 1. The van der Waals surface area contributed by atoms with Crippen LogP contribution in [-0.4, -0.2) is 30.2 Å². The Morgan fingerprint density at radius 3 is 2.57 bits per heavy atom. The van der Waals surface area contributed by atoms with Crippen molar-refractivity contribution in [1.82, 2.24) is 19.1 Å². The first-order valence-electron chi connectivity index (χ1n) is 10.2. The Bertz CT molecular complexity index is 1140. The molecule has 4 aliphatic carbocycles. The van der Waals surface area contributed by atoms with Crippen LogP contribution < -0.4 is 11.2 Å². The molecule has 148 valence electrons. The summed E-state index contributed by atoms with van der Waals surface area (Å²) in [5.41, 5.74) is 1.24. The van der Waals surface area contributed by atoms with Gasteiger partial charge in [-0.3, -0.25) is 13.9 Å². The fourth-order valence-electron chi connectivity index (χ4n) is 5.87. The molecule has 5 atom stereocenters. The van der Waals surface area contributed by atoms with Crippen molar-refractivity contribution in [3.63, 3.8) is 0 Å². The van der Waals surface area contributed by atoms with Crippen molar-refractivity contribution < 1.29 is 9.90 Å². The highest BCUT2D eigenvalue weighted by molar-refractivity contribution is 5.81. The van der Waals surface area contributed by atoms with E-state index in [0.29, 0.717) is 48.4 Å². The zero-order chi connectivity index (χ0) is 19.7. The lowest BCUT2D eigenvalue weighted by Crippen LogP contribution is -2.40. The van der Waals surface area contributed by atoms with E-state index in [9.17, 15) is 19.5 Å². The van der Waals surface area contributed by atoms with E-state index in [1.807, 2.05) is 13.8 Å². The summed E-state index contributed by atoms with van der Waals surface area (Å²) in [5, 5.41) is 9.18. The monoisotopic (exact) mass is 384 g/mol. The number of allylic oxidation sites excluding steroid dienone is 1. The summed E-state index contributed by atoms with van der Waals surface area (Å²) in [7, 11) is 0. The lowest BCUT2D eigenvalue weighted by atomic mass is 9.94. The van der Waals surface area contributed by atoms with Gasteiger partial charge in [-0.25, -0.2) is 14.6 Å². The number of carboxylic acid groups (broad SMARTS) is 1. The van der Waals surface area contributed by atoms with E-state index in [1.165, 1.54) is 10.6 Å². The van der Waals surface area contributed by atoms with Crippen molar-refractivity contribution in [2.75, 3.05) is 0 Å². The number of imidazole rings is 1. The number of carboxylic acids is 1. The van der Waals surface area contributed by atoms with Crippen LogP contribution in [0.1, 0.15) is 44.9 Å². The third kappa shape index (κ3) is 2.17. The Balaban J connectivity index is 1.65. The topological polar surface area (TPSA) is 110 Å². The van der Waals surface area contributed by atoms with Gasteiger partial charge in [-0.1, -0.05) is 19.4 Å². The predicted molar refractivity (Wildman–Crippen MR) is 102 cm³/mol. The number of aryl methyl sites for hydroxylation is 1. The van der Waals surface area contributed by atoms with Crippen LogP contribution in [0.5, 0.6) is 0 Å². The molecular weight excluding hydrogens is 360 g/mol. The molecule has 4 fully saturated rings. The molecule has 8 nitrogen and oxygen atoms in total. The minimum atomic E-state index is -0.893. The average molecular weight is 384 g/mol. The first-order chi connectivity index (χ1) is 13.5. The van der Waals surface area contributed by atoms with Crippen molar-refractivity contribution in [1.29, 1.82) is 0 Å². The summed E-state index contributed by atoms with van der Waals surface area (Å²) in [6.07, 6.45) is 3.84. The molecular formula is C20H24N4O4. The molecule has 6 rings (SSSR count). The number of hydrogen-bond donors (Lipinski definition) is 2. The fraction of sp³-hybridized carbons (Fsp3) is 0.600. The molecule has 5 unspecified atom stereocenters. The van der Waals surface area contributed by atoms with Gasteiger partial charge >= 0.3 is 11.7 Å². The van der Waals surface area contributed by atoms with Gasteiger partial charge in [0.15, 0.2) is 5.65 Å². The highest BCUT2D eigenvalue weighted by Gasteiger charge is 2.72. The minimum absolute atomic E-state index is 0.122. The van der Waals surface area contributed by atoms with E-state index in [1.54, 1.807) is 4.57 Å². The Labute approximate surface area is 160 Å². The van der Waals surface area contributed by atoms with Crippen LogP contribution in [0.3, 0.4) is 0 Å². The van der Waals surface area contributed by atoms with Crippen LogP contribution in [0.25, 0.3) is 11.2 Å². The van der Waals surface area contributed by atoms with Crippen LogP contribution in [0.15, 0.2) is 21.2 Å². The van der Waals surface area contributed by atoms with E-state index in [4.69, 9.17) is 4.98 Å². The van der Waals surface area contributed by atoms with Gasteiger partial charge in [0.25, 0.3) is 5.56 Å². The van der Waals surface area contributed by atoms with Crippen molar-refractivity contribution in [3.05, 3.63) is 38.3 Å². The van der Waals surface area contributed by atoms with Crippen molar-refractivity contribution in [2.24, 2.45) is 23.7 Å². The third-order valence-electron chi connectivity index (χ3n) is 6.80. The van der Waals surface area contributed by atoms with Gasteiger partial charge < -0.3 is 10.1 Å². The number of aromatic nitrogens is 4. The normalized spacial score (nSPS) is 31.2. The Morgan fingerprint density at radius 2 is 1.93 bits per heavy atom. The first-order valence-corrected chi connectivity index (χ1v) is 10.2. The molecule has 4 bridgehead atoms. The number of H-pyrrole nitrogens is 1. The maximum Gasteiger partial charge on any atom is 0.332 e. The van der Waals surface area contributed by atoms with Gasteiger partial charge in [0, 0.05) is 25.1 Å². The molecule has 2 heterocycles.